The van der Waals surface area contributed by atoms with Crippen LogP contribution in [-0.2, 0) is 11.2 Å². The number of carbonyl (C=O) groups is 2. The number of halogens is 2. The molecule has 1 aliphatic heterocycles. The van der Waals surface area contributed by atoms with Crippen LogP contribution in [0.3, 0.4) is 0 Å². The van der Waals surface area contributed by atoms with Crippen LogP contribution in [0.2, 0.25) is 5.02 Å². The Labute approximate surface area is 175 Å². The normalized spacial score (nSPS) is 16.7. The van der Waals surface area contributed by atoms with Crippen molar-refractivity contribution in [2.24, 2.45) is 0 Å². The molecule has 0 radical (unpaired) electrons. The molecule has 27 heavy (non-hydrogen) atoms. The average Bonchev–Trinajstić information content (AvgIpc) is 2.90. The van der Waals surface area contributed by atoms with E-state index < -0.39 is 5.25 Å². The number of ether oxygens (including phenoxy) is 2. The van der Waals surface area contributed by atoms with Crippen LogP contribution in [0.1, 0.15) is 12.5 Å². The third-order valence-electron chi connectivity index (χ3n) is 3.99. The molecule has 1 saturated heterocycles. The molecule has 142 valence electrons. The molecule has 0 spiro atoms. The van der Waals surface area contributed by atoms with Gasteiger partial charge < -0.3 is 9.47 Å². The summed E-state index contributed by atoms with van der Waals surface area (Å²) in [6.07, 6.45) is 0.396. The number of thioether (sulfide) groups is 1. The van der Waals surface area contributed by atoms with E-state index in [1.807, 2.05) is 19.1 Å². The van der Waals surface area contributed by atoms with E-state index in [-0.39, 0.29) is 11.1 Å². The van der Waals surface area contributed by atoms with Crippen LogP contribution in [0.5, 0.6) is 11.5 Å². The molecular formula is C19H17BrClNO4S. The summed E-state index contributed by atoms with van der Waals surface area (Å²) in [6, 6.07) is 10.4. The highest BCUT2D eigenvalue weighted by Gasteiger charge is 2.40. The maximum atomic E-state index is 12.8. The molecule has 0 unspecified atom stereocenters. The maximum absolute atomic E-state index is 12.8. The zero-order valence-electron chi connectivity index (χ0n) is 14.7. The lowest BCUT2D eigenvalue weighted by atomic mass is 10.1. The Morgan fingerprint density at radius 1 is 1.26 bits per heavy atom. The second-order valence-electron chi connectivity index (χ2n) is 5.77. The molecule has 0 saturated carbocycles. The lowest BCUT2D eigenvalue weighted by Gasteiger charge is -2.15. The van der Waals surface area contributed by atoms with Gasteiger partial charge in [0, 0.05) is 5.02 Å². The molecule has 0 aliphatic carbocycles. The van der Waals surface area contributed by atoms with Gasteiger partial charge in [-0.05, 0) is 65.2 Å². The lowest BCUT2D eigenvalue weighted by Crippen LogP contribution is -2.32. The molecule has 2 aromatic carbocycles. The quantitative estimate of drug-likeness (QED) is 0.572. The highest BCUT2D eigenvalue weighted by Crippen LogP contribution is 2.39. The number of hydrogen-bond acceptors (Lipinski definition) is 5. The third-order valence-corrected chi connectivity index (χ3v) is 5.85. The van der Waals surface area contributed by atoms with Crippen molar-refractivity contribution in [1.29, 1.82) is 0 Å². The van der Waals surface area contributed by atoms with Crippen LogP contribution in [0.25, 0.3) is 0 Å². The van der Waals surface area contributed by atoms with Crippen LogP contribution in [-0.4, -0.2) is 30.1 Å². The van der Waals surface area contributed by atoms with Crippen molar-refractivity contribution >= 4 is 56.1 Å². The predicted octanol–water partition coefficient (Wildman–Crippen LogP) is 5.32. The molecule has 2 aromatic rings. The van der Waals surface area contributed by atoms with E-state index in [2.05, 4.69) is 15.9 Å². The molecule has 0 N–H and O–H groups in total. The second kappa shape index (κ2) is 8.54. The Balaban J connectivity index is 1.83. The van der Waals surface area contributed by atoms with Crippen LogP contribution in [0, 0.1) is 0 Å². The van der Waals surface area contributed by atoms with E-state index in [9.17, 15) is 9.59 Å². The summed E-state index contributed by atoms with van der Waals surface area (Å²) in [4.78, 5) is 26.4. The molecule has 0 aromatic heterocycles. The summed E-state index contributed by atoms with van der Waals surface area (Å²) in [5, 5.41) is -0.336. The van der Waals surface area contributed by atoms with Crippen molar-refractivity contribution in [2.75, 3.05) is 18.6 Å². The van der Waals surface area contributed by atoms with Gasteiger partial charge in [0.25, 0.3) is 5.24 Å². The van der Waals surface area contributed by atoms with Crippen LogP contribution in [0.15, 0.2) is 40.9 Å². The molecule has 2 amide bonds. The largest absolute Gasteiger partial charge is 0.493 e. The number of anilines is 1. The second-order valence-corrected chi connectivity index (χ2v) is 8.22. The minimum atomic E-state index is -0.508. The molecule has 0 bridgehead atoms. The Hall–Kier alpha value is -1.70. The summed E-state index contributed by atoms with van der Waals surface area (Å²) in [7, 11) is 1.56. The van der Waals surface area contributed by atoms with Crippen molar-refractivity contribution in [2.45, 2.75) is 18.6 Å². The lowest BCUT2D eigenvalue weighted by molar-refractivity contribution is -0.117. The SMILES string of the molecule is CCOc1c(Br)cc(C[C@H]2SC(=O)N(c3cccc(Cl)c3)C2=O)cc1OC. The van der Waals surface area contributed by atoms with Gasteiger partial charge in [-0.1, -0.05) is 29.4 Å². The van der Waals surface area contributed by atoms with E-state index >= 15 is 0 Å². The molecule has 1 atom stereocenters. The fourth-order valence-electron chi connectivity index (χ4n) is 2.83. The van der Waals surface area contributed by atoms with E-state index in [1.54, 1.807) is 31.4 Å². The van der Waals surface area contributed by atoms with Gasteiger partial charge >= 0.3 is 0 Å². The Kier molecular flexibility index (Phi) is 6.34. The molecule has 8 heteroatoms. The Bertz CT molecular complexity index is 892. The maximum Gasteiger partial charge on any atom is 0.293 e. The van der Waals surface area contributed by atoms with Crippen LogP contribution < -0.4 is 14.4 Å². The van der Waals surface area contributed by atoms with Crippen LogP contribution >= 0.6 is 39.3 Å². The van der Waals surface area contributed by atoms with Gasteiger partial charge in [0.2, 0.25) is 5.91 Å². The molecule has 5 nitrogen and oxygen atoms in total. The van der Waals surface area contributed by atoms with Crippen molar-refractivity contribution in [3.63, 3.8) is 0 Å². The smallest absolute Gasteiger partial charge is 0.293 e. The number of hydrogen-bond donors (Lipinski definition) is 0. The fourth-order valence-corrected chi connectivity index (χ4v) is 4.64. The summed E-state index contributed by atoms with van der Waals surface area (Å²) in [5.41, 5.74) is 1.35. The van der Waals surface area contributed by atoms with Crippen molar-refractivity contribution in [1.82, 2.24) is 0 Å². The molecule has 1 aliphatic rings. The van der Waals surface area contributed by atoms with Crippen molar-refractivity contribution in [3.05, 3.63) is 51.5 Å². The van der Waals surface area contributed by atoms with Gasteiger partial charge in [-0.2, -0.15) is 0 Å². The zero-order chi connectivity index (χ0) is 19.6. The first-order valence-corrected chi connectivity index (χ1v) is 10.3. The van der Waals surface area contributed by atoms with E-state index in [4.69, 9.17) is 21.1 Å². The highest BCUT2D eigenvalue weighted by atomic mass is 79.9. The van der Waals surface area contributed by atoms with E-state index in [1.165, 1.54) is 4.90 Å². The number of methoxy groups -OCH3 is 1. The standard InChI is InChI=1S/C19H17BrClNO4S/c1-3-26-17-14(20)7-11(8-15(17)25-2)9-16-18(23)22(19(24)27-16)13-6-4-5-12(21)10-13/h4-8,10,16H,3,9H2,1-2H3/t16-/m1/s1. The monoisotopic (exact) mass is 469 g/mol. The summed E-state index contributed by atoms with van der Waals surface area (Å²) in [5.74, 6) is 0.941. The first-order chi connectivity index (χ1) is 12.9. The van der Waals surface area contributed by atoms with Gasteiger partial charge in [0.1, 0.15) is 0 Å². The van der Waals surface area contributed by atoms with Crippen molar-refractivity contribution in [3.8, 4) is 11.5 Å². The van der Waals surface area contributed by atoms with Gasteiger partial charge in [0.15, 0.2) is 11.5 Å². The van der Waals surface area contributed by atoms with Crippen LogP contribution in [0.4, 0.5) is 10.5 Å². The summed E-state index contributed by atoms with van der Waals surface area (Å²) in [6.45, 7) is 2.40. The number of rotatable bonds is 6. The molecule has 1 heterocycles. The third kappa shape index (κ3) is 4.25. The number of imide groups is 1. The minimum Gasteiger partial charge on any atom is -0.493 e. The van der Waals surface area contributed by atoms with Gasteiger partial charge in [-0.3, -0.25) is 9.59 Å². The van der Waals surface area contributed by atoms with E-state index in [0.29, 0.717) is 35.2 Å². The van der Waals surface area contributed by atoms with Crippen molar-refractivity contribution < 1.29 is 19.1 Å². The molecule has 1 fully saturated rings. The van der Waals surface area contributed by atoms with E-state index in [0.717, 1.165) is 21.8 Å². The first-order valence-electron chi connectivity index (χ1n) is 8.24. The minimum absolute atomic E-state index is 0.253. The number of benzene rings is 2. The van der Waals surface area contributed by atoms with Gasteiger partial charge in [-0.25, -0.2) is 4.90 Å². The number of nitrogens with zero attached hydrogens (tertiary/aromatic N) is 1. The fraction of sp³-hybridized carbons (Fsp3) is 0.263. The Morgan fingerprint density at radius 3 is 2.70 bits per heavy atom. The number of carbonyl (C=O) groups excluding carboxylic acids is 2. The molecular weight excluding hydrogens is 454 g/mol. The summed E-state index contributed by atoms with van der Waals surface area (Å²) < 4.78 is 11.7. The topological polar surface area (TPSA) is 55.8 Å². The molecule has 3 rings (SSSR count). The highest BCUT2D eigenvalue weighted by molar-refractivity contribution is 9.10. The Morgan fingerprint density at radius 2 is 2.04 bits per heavy atom. The number of amides is 2. The average molecular weight is 471 g/mol. The predicted molar refractivity (Wildman–Crippen MR) is 111 cm³/mol. The van der Waals surface area contributed by atoms with Gasteiger partial charge in [0.05, 0.1) is 29.1 Å². The zero-order valence-corrected chi connectivity index (χ0v) is 17.9. The summed E-state index contributed by atoms with van der Waals surface area (Å²) >= 11 is 10.5. The first kappa shape index (κ1) is 20.0. The van der Waals surface area contributed by atoms with Gasteiger partial charge in [-0.15, -0.1) is 0 Å².